The number of nitrogens with one attached hydrogen (secondary N) is 1. The average Bonchev–Trinajstić information content (AvgIpc) is 2.56. The van der Waals surface area contributed by atoms with Crippen LogP contribution in [0.15, 0.2) is 23.1 Å². The average molecular weight is 404 g/mol. The molecule has 1 N–H and O–H groups in total. The quantitative estimate of drug-likeness (QED) is 0.477. The van der Waals surface area contributed by atoms with E-state index in [0.717, 1.165) is 38.0 Å². The maximum absolute atomic E-state index is 12.1. The summed E-state index contributed by atoms with van der Waals surface area (Å²) >= 11 is 5.93. The molecule has 0 aliphatic heterocycles. The highest BCUT2D eigenvalue weighted by atomic mass is 35.5. The second kappa shape index (κ2) is 10.5. The highest BCUT2D eigenvalue weighted by molar-refractivity contribution is 7.90. The van der Waals surface area contributed by atoms with E-state index in [4.69, 9.17) is 16.3 Å². The van der Waals surface area contributed by atoms with Gasteiger partial charge >= 0.3 is 5.97 Å². The Kier molecular flexibility index (Phi) is 9.08. The number of hydrogen-bond acceptors (Lipinski definition) is 5. The van der Waals surface area contributed by atoms with E-state index in [-0.39, 0.29) is 21.5 Å². The molecule has 1 rings (SSSR count). The molecule has 0 aliphatic rings. The number of halogens is 1. The smallest absolute Gasteiger partial charge is 0.340 e. The lowest BCUT2D eigenvalue weighted by Gasteiger charge is -2.14. The maximum atomic E-state index is 12.1. The van der Waals surface area contributed by atoms with E-state index in [0.29, 0.717) is 0 Å². The molecule has 0 spiro atoms. The van der Waals surface area contributed by atoms with Crippen LogP contribution in [0.25, 0.3) is 0 Å². The third kappa shape index (κ3) is 7.74. The first kappa shape index (κ1) is 22.4. The van der Waals surface area contributed by atoms with Crippen LogP contribution in [0.1, 0.15) is 56.3 Å². The number of benzene rings is 1. The van der Waals surface area contributed by atoms with Crippen molar-refractivity contribution >= 4 is 33.3 Å². The van der Waals surface area contributed by atoms with Crippen LogP contribution in [-0.2, 0) is 19.4 Å². The van der Waals surface area contributed by atoms with Gasteiger partial charge in [0.1, 0.15) is 0 Å². The van der Waals surface area contributed by atoms with Gasteiger partial charge in [0.05, 0.1) is 15.5 Å². The van der Waals surface area contributed by atoms with Gasteiger partial charge in [-0.25, -0.2) is 13.2 Å². The molecule has 0 bridgehead atoms. The molecule has 1 aromatic rings. The predicted octanol–water partition coefficient (Wildman–Crippen LogP) is 3.38. The van der Waals surface area contributed by atoms with Crippen molar-refractivity contribution in [2.75, 3.05) is 12.9 Å². The molecule has 0 aromatic heterocycles. The normalized spacial score (nSPS) is 12.5. The summed E-state index contributed by atoms with van der Waals surface area (Å²) in [5.74, 6) is -1.25. The highest BCUT2D eigenvalue weighted by Crippen LogP contribution is 2.21. The Morgan fingerprint density at radius 1 is 1.23 bits per heavy atom. The second-order valence-corrected chi connectivity index (χ2v) is 8.73. The van der Waals surface area contributed by atoms with Gasteiger partial charge in [0, 0.05) is 12.3 Å². The summed E-state index contributed by atoms with van der Waals surface area (Å²) in [5.41, 5.74) is -0.0880. The summed E-state index contributed by atoms with van der Waals surface area (Å²) < 4.78 is 28.1. The van der Waals surface area contributed by atoms with Gasteiger partial charge in [-0.1, -0.05) is 44.2 Å². The first-order valence-electron chi connectivity index (χ1n) is 8.61. The van der Waals surface area contributed by atoms with E-state index in [1.807, 2.05) is 6.92 Å². The van der Waals surface area contributed by atoms with Crippen LogP contribution in [-0.4, -0.2) is 39.2 Å². The molecule has 0 saturated heterocycles. The van der Waals surface area contributed by atoms with Crippen LogP contribution in [0.2, 0.25) is 5.02 Å². The summed E-state index contributed by atoms with van der Waals surface area (Å²) in [7, 11) is -3.48. The third-order valence-electron chi connectivity index (χ3n) is 3.82. The maximum Gasteiger partial charge on any atom is 0.340 e. The van der Waals surface area contributed by atoms with E-state index < -0.39 is 28.3 Å². The Labute approximate surface area is 160 Å². The summed E-state index contributed by atoms with van der Waals surface area (Å²) in [6.45, 7) is 3.59. The fourth-order valence-corrected chi connectivity index (χ4v) is 3.21. The lowest BCUT2D eigenvalue weighted by atomic mass is 10.1. The third-order valence-corrected chi connectivity index (χ3v) is 5.26. The zero-order valence-corrected chi connectivity index (χ0v) is 17.0. The molecule has 8 heteroatoms. The van der Waals surface area contributed by atoms with Crippen molar-refractivity contribution in [2.24, 2.45) is 0 Å². The molecule has 1 amide bonds. The fourth-order valence-electron chi connectivity index (χ4n) is 2.37. The monoisotopic (exact) mass is 403 g/mol. The Morgan fingerprint density at radius 3 is 2.54 bits per heavy atom. The van der Waals surface area contributed by atoms with Gasteiger partial charge in [0.2, 0.25) is 0 Å². The summed E-state index contributed by atoms with van der Waals surface area (Å²) in [4.78, 5) is 23.9. The van der Waals surface area contributed by atoms with Gasteiger partial charge in [-0.15, -0.1) is 0 Å². The van der Waals surface area contributed by atoms with Crippen molar-refractivity contribution in [1.29, 1.82) is 0 Å². The lowest BCUT2D eigenvalue weighted by Crippen LogP contribution is -2.35. The zero-order chi connectivity index (χ0) is 19.7. The Bertz CT molecular complexity index is 733. The minimum Gasteiger partial charge on any atom is -0.452 e. The second-order valence-electron chi connectivity index (χ2n) is 6.31. The van der Waals surface area contributed by atoms with Gasteiger partial charge in [-0.3, -0.25) is 4.79 Å². The Balaban J connectivity index is 2.55. The van der Waals surface area contributed by atoms with Crippen LogP contribution in [0, 0.1) is 0 Å². The van der Waals surface area contributed by atoms with E-state index >= 15 is 0 Å². The first-order valence-corrected chi connectivity index (χ1v) is 10.9. The summed E-state index contributed by atoms with van der Waals surface area (Å²) in [5, 5.41) is 2.83. The molecule has 6 nitrogen and oxygen atoms in total. The van der Waals surface area contributed by atoms with Crippen molar-refractivity contribution in [1.82, 2.24) is 5.32 Å². The molecule has 0 unspecified atom stereocenters. The molecule has 1 atom stereocenters. The summed E-state index contributed by atoms with van der Waals surface area (Å²) in [6, 6.07) is 3.76. The zero-order valence-electron chi connectivity index (χ0n) is 15.4. The number of carbonyl (C=O) groups excluding carboxylic acids is 2. The summed E-state index contributed by atoms with van der Waals surface area (Å²) in [6.07, 6.45) is 6.37. The van der Waals surface area contributed by atoms with E-state index in [2.05, 4.69) is 12.2 Å². The van der Waals surface area contributed by atoms with Crippen molar-refractivity contribution < 1.29 is 22.7 Å². The number of ether oxygens (including phenoxy) is 1. The van der Waals surface area contributed by atoms with Gasteiger partial charge in [0.25, 0.3) is 5.91 Å². The van der Waals surface area contributed by atoms with E-state index in [1.165, 1.54) is 18.6 Å². The van der Waals surface area contributed by atoms with Crippen LogP contribution in [0.5, 0.6) is 0 Å². The predicted molar refractivity (Wildman–Crippen MR) is 101 cm³/mol. The van der Waals surface area contributed by atoms with Gasteiger partial charge in [-0.05, 0) is 31.5 Å². The first-order chi connectivity index (χ1) is 12.1. The Hall–Kier alpha value is -1.60. The van der Waals surface area contributed by atoms with Gasteiger partial charge < -0.3 is 10.1 Å². The van der Waals surface area contributed by atoms with Crippen LogP contribution < -0.4 is 5.32 Å². The molecule has 0 aliphatic carbocycles. The molecule has 0 heterocycles. The SMILES string of the molecule is CCCCCC[C@@H](C)NC(=O)COC(=O)c1cc(S(C)(=O)=O)ccc1Cl. The number of sulfone groups is 1. The minimum atomic E-state index is -3.48. The number of esters is 1. The van der Waals surface area contributed by atoms with Crippen molar-refractivity contribution in [3.63, 3.8) is 0 Å². The van der Waals surface area contributed by atoms with Crippen molar-refractivity contribution in [2.45, 2.75) is 56.9 Å². The highest BCUT2D eigenvalue weighted by Gasteiger charge is 2.18. The molecule has 0 fully saturated rings. The van der Waals surface area contributed by atoms with Gasteiger partial charge in [0.15, 0.2) is 16.4 Å². The molecular formula is C18H26ClNO5S. The number of rotatable bonds is 10. The molecular weight excluding hydrogens is 378 g/mol. The van der Waals surface area contributed by atoms with Gasteiger partial charge in [-0.2, -0.15) is 0 Å². The molecule has 26 heavy (non-hydrogen) atoms. The number of hydrogen-bond donors (Lipinski definition) is 1. The minimum absolute atomic E-state index is 0.00444. The topological polar surface area (TPSA) is 89.5 Å². The van der Waals surface area contributed by atoms with Crippen molar-refractivity contribution in [3.8, 4) is 0 Å². The molecule has 0 radical (unpaired) electrons. The molecule has 1 aromatic carbocycles. The van der Waals surface area contributed by atoms with Crippen LogP contribution in [0.4, 0.5) is 0 Å². The fraction of sp³-hybridized carbons (Fsp3) is 0.556. The Morgan fingerprint density at radius 2 is 1.92 bits per heavy atom. The number of carbonyl (C=O) groups is 2. The molecule has 0 saturated carbocycles. The van der Waals surface area contributed by atoms with E-state index in [9.17, 15) is 18.0 Å². The van der Waals surface area contributed by atoms with Crippen LogP contribution >= 0.6 is 11.6 Å². The molecule has 146 valence electrons. The van der Waals surface area contributed by atoms with E-state index in [1.54, 1.807) is 0 Å². The largest absolute Gasteiger partial charge is 0.452 e. The number of unbranched alkanes of at least 4 members (excludes halogenated alkanes) is 3. The van der Waals surface area contributed by atoms with Crippen LogP contribution in [0.3, 0.4) is 0 Å². The standard InChI is InChI=1S/C18H26ClNO5S/c1-4-5-6-7-8-13(2)20-17(21)12-25-18(22)15-11-14(26(3,23)24)9-10-16(15)19/h9-11,13H,4-8,12H2,1-3H3,(H,20,21)/t13-/m1/s1. The van der Waals surface area contributed by atoms with Crippen molar-refractivity contribution in [3.05, 3.63) is 28.8 Å². The lowest BCUT2D eigenvalue weighted by molar-refractivity contribution is -0.124. The number of amides is 1.